The third-order valence-electron chi connectivity index (χ3n) is 4.52. The first-order valence-electron chi connectivity index (χ1n) is 8.90. The molecule has 0 bridgehead atoms. The van der Waals surface area contributed by atoms with Gasteiger partial charge in [-0.1, -0.05) is 6.07 Å². The smallest absolute Gasteiger partial charge is 0.258 e. The lowest BCUT2D eigenvalue weighted by Gasteiger charge is -2.24. The zero-order valence-corrected chi connectivity index (χ0v) is 15.6. The van der Waals surface area contributed by atoms with Crippen LogP contribution in [0.1, 0.15) is 29.1 Å². The molecule has 1 atom stereocenters. The Morgan fingerprint density at radius 3 is 3.00 bits per heavy atom. The third-order valence-corrected chi connectivity index (χ3v) is 5.42. The standard InChI is InChI=1S/C19H22N4O2S/c1-14-10-23-18(24)9-16(21-19(23)26-14)12-22(13-17-6-4-8-25-17)11-15-5-2-3-7-20-15/h2-3,5,7,9-10,17H,4,6,8,11-13H2,1H3. The van der Waals surface area contributed by atoms with Gasteiger partial charge in [-0.2, -0.15) is 0 Å². The van der Waals surface area contributed by atoms with E-state index in [2.05, 4.69) is 9.88 Å². The molecule has 1 unspecified atom stereocenters. The van der Waals surface area contributed by atoms with Crippen molar-refractivity contribution in [3.8, 4) is 0 Å². The lowest BCUT2D eigenvalue weighted by molar-refractivity contribution is 0.0670. The van der Waals surface area contributed by atoms with Gasteiger partial charge < -0.3 is 4.74 Å². The van der Waals surface area contributed by atoms with Crippen molar-refractivity contribution >= 4 is 16.3 Å². The summed E-state index contributed by atoms with van der Waals surface area (Å²) in [6.45, 7) is 4.97. The van der Waals surface area contributed by atoms with E-state index in [4.69, 9.17) is 9.72 Å². The number of fused-ring (bicyclic) bond motifs is 1. The van der Waals surface area contributed by atoms with E-state index >= 15 is 0 Å². The minimum atomic E-state index is -0.0238. The van der Waals surface area contributed by atoms with Gasteiger partial charge in [0.15, 0.2) is 4.96 Å². The Hall–Kier alpha value is -2.09. The number of thiazole rings is 1. The Balaban J connectivity index is 1.57. The van der Waals surface area contributed by atoms with Gasteiger partial charge in [-0.3, -0.25) is 19.1 Å². The van der Waals surface area contributed by atoms with Crippen LogP contribution in [0.4, 0.5) is 0 Å². The molecule has 7 heteroatoms. The van der Waals surface area contributed by atoms with Crippen LogP contribution in [-0.4, -0.2) is 38.5 Å². The number of hydrogen-bond donors (Lipinski definition) is 0. The first-order chi connectivity index (χ1) is 12.7. The van der Waals surface area contributed by atoms with Crippen LogP contribution in [0.3, 0.4) is 0 Å². The average Bonchev–Trinajstić information content (AvgIpc) is 3.25. The van der Waals surface area contributed by atoms with Gasteiger partial charge in [0.05, 0.1) is 17.5 Å². The van der Waals surface area contributed by atoms with Crippen LogP contribution in [-0.2, 0) is 17.8 Å². The average molecular weight is 370 g/mol. The Kier molecular flexibility index (Phi) is 5.10. The first-order valence-corrected chi connectivity index (χ1v) is 9.71. The van der Waals surface area contributed by atoms with Crippen LogP contribution in [0, 0.1) is 6.92 Å². The van der Waals surface area contributed by atoms with Gasteiger partial charge >= 0.3 is 0 Å². The highest BCUT2D eigenvalue weighted by Crippen LogP contribution is 2.17. The zero-order valence-electron chi connectivity index (χ0n) is 14.8. The van der Waals surface area contributed by atoms with Crippen molar-refractivity contribution in [3.63, 3.8) is 0 Å². The molecular weight excluding hydrogens is 348 g/mol. The minimum absolute atomic E-state index is 0.0238. The number of ether oxygens (including phenoxy) is 1. The van der Waals surface area contributed by atoms with E-state index in [0.717, 1.165) is 47.2 Å². The van der Waals surface area contributed by atoms with Gasteiger partial charge in [0, 0.05) is 49.6 Å². The Bertz CT molecular complexity index is 932. The predicted octanol–water partition coefficient (Wildman–Crippen LogP) is 2.64. The monoisotopic (exact) mass is 370 g/mol. The second kappa shape index (κ2) is 7.65. The van der Waals surface area contributed by atoms with Crippen molar-refractivity contribution in [2.24, 2.45) is 0 Å². The summed E-state index contributed by atoms with van der Waals surface area (Å²) in [6, 6.07) is 7.58. The summed E-state index contributed by atoms with van der Waals surface area (Å²) in [4.78, 5) is 25.6. The lowest BCUT2D eigenvalue weighted by atomic mass is 10.2. The minimum Gasteiger partial charge on any atom is -0.377 e. The molecule has 1 fully saturated rings. The summed E-state index contributed by atoms with van der Waals surface area (Å²) >= 11 is 1.54. The molecule has 1 aliphatic heterocycles. The van der Waals surface area contributed by atoms with Crippen LogP contribution >= 0.6 is 11.3 Å². The molecule has 136 valence electrons. The quantitative estimate of drug-likeness (QED) is 0.668. The van der Waals surface area contributed by atoms with Crippen LogP contribution < -0.4 is 5.56 Å². The van der Waals surface area contributed by atoms with E-state index in [1.807, 2.05) is 37.5 Å². The van der Waals surface area contributed by atoms with Crippen LogP contribution in [0.5, 0.6) is 0 Å². The fourth-order valence-corrected chi connectivity index (χ4v) is 4.20. The molecule has 26 heavy (non-hydrogen) atoms. The molecule has 0 aliphatic carbocycles. The van der Waals surface area contributed by atoms with Gasteiger partial charge in [0.1, 0.15) is 0 Å². The number of hydrogen-bond acceptors (Lipinski definition) is 6. The maximum absolute atomic E-state index is 12.4. The molecule has 4 rings (SSSR count). The predicted molar refractivity (Wildman–Crippen MR) is 101 cm³/mol. The summed E-state index contributed by atoms with van der Waals surface area (Å²) in [5.41, 5.74) is 1.78. The molecule has 0 N–H and O–H groups in total. The molecule has 3 aromatic heterocycles. The lowest BCUT2D eigenvalue weighted by Crippen LogP contribution is -2.32. The molecule has 1 saturated heterocycles. The molecule has 0 radical (unpaired) electrons. The fourth-order valence-electron chi connectivity index (χ4n) is 3.35. The molecule has 0 amide bonds. The summed E-state index contributed by atoms with van der Waals surface area (Å²) in [7, 11) is 0. The maximum atomic E-state index is 12.4. The van der Waals surface area contributed by atoms with Gasteiger partial charge in [-0.25, -0.2) is 4.98 Å². The fraction of sp³-hybridized carbons (Fsp3) is 0.421. The van der Waals surface area contributed by atoms with Gasteiger partial charge in [-0.05, 0) is 31.9 Å². The largest absolute Gasteiger partial charge is 0.377 e. The second-order valence-corrected chi connectivity index (χ2v) is 7.92. The van der Waals surface area contributed by atoms with Crippen LogP contribution in [0.2, 0.25) is 0 Å². The highest BCUT2D eigenvalue weighted by atomic mass is 32.1. The molecule has 0 aromatic carbocycles. The van der Waals surface area contributed by atoms with Crippen molar-refractivity contribution in [2.75, 3.05) is 13.2 Å². The normalized spacial score (nSPS) is 17.4. The van der Waals surface area contributed by atoms with Crippen LogP contribution in [0.15, 0.2) is 41.5 Å². The number of nitrogens with zero attached hydrogens (tertiary/aromatic N) is 4. The van der Waals surface area contributed by atoms with Crippen molar-refractivity contribution in [3.05, 3.63) is 63.3 Å². The van der Waals surface area contributed by atoms with E-state index in [1.54, 1.807) is 21.8 Å². The second-order valence-electron chi connectivity index (χ2n) is 6.71. The van der Waals surface area contributed by atoms with Gasteiger partial charge in [0.2, 0.25) is 0 Å². The zero-order chi connectivity index (χ0) is 17.9. The number of rotatable bonds is 6. The summed E-state index contributed by atoms with van der Waals surface area (Å²) < 4.78 is 7.43. The van der Waals surface area contributed by atoms with Crippen molar-refractivity contribution in [2.45, 2.75) is 39.0 Å². The molecule has 6 nitrogen and oxygen atoms in total. The highest BCUT2D eigenvalue weighted by Gasteiger charge is 2.20. The van der Waals surface area contributed by atoms with Crippen molar-refractivity contribution < 1.29 is 4.74 Å². The molecule has 0 spiro atoms. The molecule has 3 aromatic rings. The van der Waals surface area contributed by atoms with Gasteiger partial charge in [-0.15, -0.1) is 11.3 Å². The molecule has 0 saturated carbocycles. The Morgan fingerprint density at radius 2 is 2.23 bits per heavy atom. The number of aromatic nitrogens is 3. The maximum Gasteiger partial charge on any atom is 0.258 e. The summed E-state index contributed by atoms with van der Waals surface area (Å²) in [5, 5.41) is 0. The molecular formula is C19H22N4O2S. The van der Waals surface area contributed by atoms with E-state index in [0.29, 0.717) is 13.1 Å². The SMILES string of the molecule is Cc1cn2c(=O)cc(CN(Cc3ccccn3)CC3CCCO3)nc2s1. The van der Waals surface area contributed by atoms with E-state index < -0.39 is 0 Å². The Morgan fingerprint density at radius 1 is 1.35 bits per heavy atom. The van der Waals surface area contributed by atoms with E-state index in [-0.39, 0.29) is 11.7 Å². The van der Waals surface area contributed by atoms with Crippen molar-refractivity contribution in [1.29, 1.82) is 0 Å². The molecule has 1 aliphatic rings. The summed E-state index contributed by atoms with van der Waals surface area (Å²) in [5.74, 6) is 0. The number of aryl methyl sites for hydroxylation is 1. The van der Waals surface area contributed by atoms with E-state index in [9.17, 15) is 4.79 Å². The third kappa shape index (κ3) is 4.00. The van der Waals surface area contributed by atoms with Gasteiger partial charge in [0.25, 0.3) is 5.56 Å². The summed E-state index contributed by atoms with van der Waals surface area (Å²) in [6.07, 6.45) is 6.09. The van der Waals surface area contributed by atoms with E-state index in [1.165, 1.54) is 0 Å². The number of pyridine rings is 1. The highest BCUT2D eigenvalue weighted by molar-refractivity contribution is 7.16. The molecule has 4 heterocycles. The Labute approximate surface area is 156 Å². The first kappa shape index (κ1) is 17.3. The topological polar surface area (TPSA) is 59.7 Å². The van der Waals surface area contributed by atoms with Crippen molar-refractivity contribution in [1.82, 2.24) is 19.3 Å². The van der Waals surface area contributed by atoms with Crippen LogP contribution in [0.25, 0.3) is 4.96 Å².